The van der Waals surface area contributed by atoms with Gasteiger partial charge in [0.05, 0.1) is 7.11 Å². The minimum absolute atomic E-state index is 0.0391. The van der Waals surface area contributed by atoms with Crippen molar-refractivity contribution in [2.45, 2.75) is 58.5 Å². The molecule has 0 aliphatic rings. The highest BCUT2D eigenvalue weighted by Gasteiger charge is 2.26. The number of alkyl halides is 3. The van der Waals surface area contributed by atoms with Gasteiger partial charge in [0.1, 0.15) is 17.1 Å². The number of Topliss-reactive ketones (excluding diaryl/α,β-unsaturated/α-hetero) is 1. The summed E-state index contributed by atoms with van der Waals surface area (Å²) in [5, 5.41) is 12.8. The third-order valence-corrected chi connectivity index (χ3v) is 5.75. The molecule has 2 aromatic rings. The molecule has 1 unspecified atom stereocenters. The monoisotopic (exact) mass is 533 g/mol. The predicted molar refractivity (Wildman–Crippen MR) is 136 cm³/mol. The molecule has 1 aromatic heterocycles. The molecular weight excluding hydrogens is 503 g/mol. The van der Waals surface area contributed by atoms with Gasteiger partial charge in [0.2, 0.25) is 5.78 Å². The summed E-state index contributed by atoms with van der Waals surface area (Å²) in [5.41, 5.74) is 3.21. The largest absolute Gasteiger partial charge is 0.507 e. The summed E-state index contributed by atoms with van der Waals surface area (Å²) in [5.74, 6) is -1.33. The van der Waals surface area contributed by atoms with Crippen molar-refractivity contribution in [3.8, 4) is 5.75 Å². The van der Waals surface area contributed by atoms with Gasteiger partial charge in [0, 0.05) is 30.2 Å². The molecule has 0 saturated carbocycles. The summed E-state index contributed by atoms with van der Waals surface area (Å²) < 4.78 is 47.1. The fourth-order valence-electron chi connectivity index (χ4n) is 3.49. The SMILES string of the molecule is COC(=O)N/C=C/CCC(C)c1cc(O)c(C(=O)C(C)=C=Cc2ccc(CCC(F)(F)F)cc2C)c(=O)o1. The van der Waals surface area contributed by atoms with Crippen molar-refractivity contribution < 1.29 is 37.0 Å². The van der Waals surface area contributed by atoms with Crippen molar-refractivity contribution in [2.24, 2.45) is 0 Å². The van der Waals surface area contributed by atoms with E-state index < -0.39 is 41.4 Å². The molecule has 10 heteroatoms. The Morgan fingerprint density at radius 2 is 1.97 bits per heavy atom. The van der Waals surface area contributed by atoms with Gasteiger partial charge in [0.25, 0.3) is 0 Å². The van der Waals surface area contributed by atoms with Crippen LogP contribution in [0.3, 0.4) is 0 Å². The summed E-state index contributed by atoms with van der Waals surface area (Å²) in [6.45, 7) is 4.94. The van der Waals surface area contributed by atoms with Crippen molar-refractivity contribution in [1.82, 2.24) is 5.32 Å². The third kappa shape index (κ3) is 9.12. The summed E-state index contributed by atoms with van der Waals surface area (Å²) in [6.07, 6.45) is -0.188. The number of hydrogen-bond donors (Lipinski definition) is 2. The first-order valence-corrected chi connectivity index (χ1v) is 11.8. The number of hydrogen-bond acceptors (Lipinski definition) is 6. The Balaban J connectivity index is 2.14. The molecule has 0 aliphatic heterocycles. The molecule has 1 atom stereocenters. The van der Waals surface area contributed by atoms with Gasteiger partial charge >= 0.3 is 17.9 Å². The lowest BCUT2D eigenvalue weighted by atomic mass is 9.99. The number of rotatable bonds is 10. The minimum atomic E-state index is -4.23. The van der Waals surface area contributed by atoms with Crippen LogP contribution < -0.4 is 10.9 Å². The molecule has 0 aliphatic carbocycles. The zero-order valence-electron chi connectivity index (χ0n) is 21.6. The fourth-order valence-corrected chi connectivity index (χ4v) is 3.49. The van der Waals surface area contributed by atoms with Crippen molar-refractivity contribution >= 4 is 18.0 Å². The first-order chi connectivity index (χ1) is 17.8. The van der Waals surface area contributed by atoms with Crippen LogP contribution in [-0.2, 0) is 11.2 Å². The number of ketones is 1. The van der Waals surface area contributed by atoms with Gasteiger partial charge in [-0.15, -0.1) is 5.73 Å². The van der Waals surface area contributed by atoms with Crippen LogP contribution in [0.4, 0.5) is 18.0 Å². The zero-order valence-corrected chi connectivity index (χ0v) is 21.6. The van der Waals surface area contributed by atoms with E-state index in [1.165, 1.54) is 32.4 Å². The topological polar surface area (TPSA) is 106 Å². The number of alkyl carbamates (subject to hydrolysis) is 1. The lowest BCUT2D eigenvalue weighted by Gasteiger charge is -2.10. The Bertz CT molecular complexity index is 1320. The number of carbonyl (C=O) groups is 2. The van der Waals surface area contributed by atoms with Gasteiger partial charge in [-0.2, -0.15) is 13.2 Å². The lowest BCUT2D eigenvalue weighted by molar-refractivity contribution is -0.134. The number of methoxy groups -OCH3 is 1. The number of ether oxygens (including phenoxy) is 1. The Labute approximate surface area is 218 Å². The highest BCUT2D eigenvalue weighted by atomic mass is 19.4. The van der Waals surface area contributed by atoms with E-state index in [-0.39, 0.29) is 23.7 Å². The van der Waals surface area contributed by atoms with Crippen molar-refractivity contribution in [3.05, 3.63) is 86.3 Å². The van der Waals surface area contributed by atoms with Crippen molar-refractivity contribution in [3.63, 3.8) is 0 Å². The van der Waals surface area contributed by atoms with Crippen LogP contribution in [0.5, 0.6) is 5.75 Å². The van der Waals surface area contributed by atoms with Crippen LogP contribution in [-0.4, -0.2) is 30.3 Å². The van der Waals surface area contributed by atoms with Crippen molar-refractivity contribution in [1.29, 1.82) is 0 Å². The predicted octanol–water partition coefficient (Wildman–Crippen LogP) is 6.34. The number of carbonyl (C=O) groups excluding carboxylic acids is 2. The first kappa shape index (κ1) is 30.2. The summed E-state index contributed by atoms with van der Waals surface area (Å²) >= 11 is 0. The van der Waals surface area contributed by atoms with Crippen LogP contribution in [0.15, 0.2) is 57.1 Å². The normalized spacial score (nSPS) is 12.1. The summed E-state index contributed by atoms with van der Waals surface area (Å²) in [4.78, 5) is 36.4. The van der Waals surface area contributed by atoms with E-state index in [9.17, 15) is 32.7 Å². The van der Waals surface area contributed by atoms with E-state index in [0.29, 0.717) is 29.5 Å². The number of amides is 1. The second-order valence-corrected chi connectivity index (χ2v) is 8.76. The van der Waals surface area contributed by atoms with Crippen LogP contribution in [0.2, 0.25) is 0 Å². The Morgan fingerprint density at radius 3 is 2.58 bits per heavy atom. The molecule has 0 saturated heterocycles. The van der Waals surface area contributed by atoms with Gasteiger partial charge in [-0.1, -0.05) is 31.2 Å². The number of halogens is 3. The maximum atomic E-state index is 12.8. The number of benzene rings is 1. The number of aryl methyl sites for hydroxylation is 2. The van der Waals surface area contributed by atoms with Gasteiger partial charge < -0.3 is 14.3 Å². The van der Waals surface area contributed by atoms with E-state index in [1.807, 2.05) is 0 Å². The van der Waals surface area contributed by atoms with Gasteiger partial charge in [-0.05, 0) is 55.9 Å². The molecular formula is C28H30F3NO6. The number of aromatic hydroxyl groups is 1. The van der Waals surface area contributed by atoms with Crippen LogP contribution >= 0.6 is 0 Å². The Morgan fingerprint density at radius 1 is 1.26 bits per heavy atom. The minimum Gasteiger partial charge on any atom is -0.507 e. The third-order valence-electron chi connectivity index (χ3n) is 5.75. The standard InChI is InChI=1S/C28H30F3NO6/c1-17(7-5-6-14-32-27(36)37-4)23-16-22(33)24(26(35)38-23)25(34)18(2)8-10-21-11-9-20(15-19(21)3)12-13-28(29,30)31/h6,9-11,14-17,33H,5,7,12-13H2,1-4H3,(H,32,36)/b14-6+. The average Bonchev–Trinajstić information content (AvgIpc) is 2.85. The van der Waals surface area contributed by atoms with E-state index in [4.69, 9.17) is 4.42 Å². The Hall–Kier alpha value is -4.04. The molecule has 1 heterocycles. The quantitative estimate of drug-likeness (QED) is 0.210. The van der Waals surface area contributed by atoms with E-state index >= 15 is 0 Å². The molecule has 0 bridgehead atoms. The van der Waals surface area contributed by atoms with Crippen LogP contribution in [0.1, 0.15) is 71.8 Å². The highest BCUT2D eigenvalue weighted by molar-refractivity contribution is 6.09. The molecule has 38 heavy (non-hydrogen) atoms. The molecule has 7 nitrogen and oxygen atoms in total. The highest BCUT2D eigenvalue weighted by Crippen LogP contribution is 2.26. The molecule has 2 N–H and O–H groups in total. The second-order valence-electron chi connectivity index (χ2n) is 8.76. The maximum absolute atomic E-state index is 12.8. The van der Waals surface area contributed by atoms with Gasteiger partial charge in [-0.3, -0.25) is 10.1 Å². The Kier molecular flexibility index (Phi) is 10.7. The fraction of sp³-hybridized carbons (Fsp3) is 0.357. The lowest BCUT2D eigenvalue weighted by Crippen LogP contribution is -2.16. The van der Waals surface area contributed by atoms with Crippen LogP contribution in [0, 0.1) is 6.92 Å². The second kappa shape index (κ2) is 13.5. The molecule has 0 radical (unpaired) electrons. The smallest absolute Gasteiger partial charge is 0.410 e. The maximum Gasteiger partial charge on any atom is 0.410 e. The number of nitrogens with one attached hydrogen (secondary N) is 1. The molecule has 1 aromatic carbocycles. The summed E-state index contributed by atoms with van der Waals surface area (Å²) in [7, 11) is 1.25. The van der Waals surface area contributed by atoms with E-state index in [1.54, 1.807) is 38.1 Å². The molecule has 2 rings (SSSR count). The average molecular weight is 534 g/mol. The van der Waals surface area contributed by atoms with Crippen molar-refractivity contribution in [2.75, 3.05) is 7.11 Å². The molecule has 204 valence electrons. The molecule has 0 spiro atoms. The van der Waals surface area contributed by atoms with Crippen LogP contribution in [0.25, 0.3) is 6.08 Å². The van der Waals surface area contributed by atoms with Gasteiger partial charge in [-0.25, -0.2) is 9.59 Å². The summed E-state index contributed by atoms with van der Waals surface area (Å²) in [6, 6.07) is 6.09. The van der Waals surface area contributed by atoms with E-state index in [0.717, 1.165) is 0 Å². The van der Waals surface area contributed by atoms with Gasteiger partial charge in [0.15, 0.2) is 0 Å². The molecule has 1 amide bonds. The molecule has 0 fully saturated rings. The first-order valence-electron chi connectivity index (χ1n) is 11.8. The zero-order chi connectivity index (χ0) is 28.5. The van der Waals surface area contributed by atoms with E-state index in [2.05, 4.69) is 15.8 Å². The number of allylic oxidation sites excluding steroid dienone is 2.